The Labute approximate surface area is 73.8 Å². The lowest BCUT2D eigenvalue weighted by Crippen LogP contribution is -2.06. The smallest absolute Gasteiger partial charge is 0.248 e. The van der Waals surface area contributed by atoms with Crippen molar-refractivity contribution in [3.8, 4) is 0 Å². The molecule has 0 radical (unpaired) electrons. The molecule has 0 atom stereocenters. The quantitative estimate of drug-likeness (QED) is 0.766. The number of aromatic nitrogens is 1. The first kappa shape index (κ1) is 8.53. The van der Waals surface area contributed by atoms with Gasteiger partial charge in [0.1, 0.15) is 0 Å². The number of H-pyrrole nitrogens is 1. The lowest BCUT2D eigenvalue weighted by molar-refractivity contribution is 0.888. The van der Waals surface area contributed by atoms with E-state index in [0.29, 0.717) is 0 Å². The van der Waals surface area contributed by atoms with Crippen LogP contribution in [0, 0.1) is 0 Å². The van der Waals surface area contributed by atoms with E-state index in [9.17, 15) is 4.79 Å². The fraction of sp³-hybridized carbons (Fsp3) is 0.375. The van der Waals surface area contributed by atoms with Crippen molar-refractivity contribution < 1.29 is 0 Å². The van der Waals surface area contributed by atoms with Gasteiger partial charge >= 0.3 is 0 Å². The van der Waals surface area contributed by atoms with Gasteiger partial charge < -0.3 is 4.98 Å². The maximum atomic E-state index is 10.8. The Morgan fingerprint density at radius 3 is 2.91 bits per heavy atom. The molecule has 2 nitrogen and oxygen atoms in total. The molecule has 0 fully saturated rings. The number of rotatable bonds is 3. The molecular formula is C8H10BrNO. The summed E-state index contributed by atoms with van der Waals surface area (Å²) in [5, 5.41) is 0.976. The van der Waals surface area contributed by atoms with Crippen LogP contribution < -0.4 is 5.56 Å². The number of hydrogen-bond acceptors (Lipinski definition) is 1. The van der Waals surface area contributed by atoms with Crippen molar-refractivity contribution in [2.45, 2.75) is 12.8 Å². The standard InChI is InChI=1S/C8H10BrNO/c9-6-2-4-7-3-1-5-8(11)10-7/h1,3,5H,2,4,6H2,(H,10,11). The second kappa shape index (κ2) is 4.34. The fourth-order valence-electron chi connectivity index (χ4n) is 0.896. The Morgan fingerprint density at radius 1 is 1.45 bits per heavy atom. The number of halogens is 1. The summed E-state index contributed by atoms with van der Waals surface area (Å²) in [6.45, 7) is 0. The van der Waals surface area contributed by atoms with Gasteiger partial charge in [-0.15, -0.1) is 0 Å². The highest BCUT2D eigenvalue weighted by molar-refractivity contribution is 9.09. The second-order valence-electron chi connectivity index (χ2n) is 2.33. The molecule has 0 aliphatic rings. The number of aromatic amines is 1. The molecule has 1 N–H and O–H groups in total. The predicted molar refractivity (Wildman–Crippen MR) is 49.2 cm³/mol. The first-order valence-electron chi connectivity index (χ1n) is 3.57. The van der Waals surface area contributed by atoms with Crippen molar-refractivity contribution in [1.29, 1.82) is 0 Å². The lowest BCUT2D eigenvalue weighted by atomic mass is 10.2. The van der Waals surface area contributed by atoms with Crippen molar-refractivity contribution in [2.75, 3.05) is 5.33 Å². The van der Waals surface area contributed by atoms with E-state index in [1.807, 2.05) is 6.07 Å². The summed E-state index contributed by atoms with van der Waals surface area (Å²) in [4.78, 5) is 13.6. The van der Waals surface area contributed by atoms with Crippen molar-refractivity contribution >= 4 is 15.9 Å². The van der Waals surface area contributed by atoms with Crippen LogP contribution in [-0.4, -0.2) is 10.3 Å². The SMILES string of the molecule is O=c1cccc(CCCBr)[nH]1. The molecule has 1 aromatic heterocycles. The zero-order chi connectivity index (χ0) is 8.10. The Balaban J connectivity index is 2.64. The number of aryl methyl sites for hydroxylation is 1. The third-order valence-corrected chi connectivity index (χ3v) is 1.97. The Kier molecular flexibility index (Phi) is 3.36. The topological polar surface area (TPSA) is 32.9 Å². The van der Waals surface area contributed by atoms with Crippen LogP contribution in [-0.2, 0) is 6.42 Å². The molecule has 0 spiro atoms. The molecule has 1 rings (SSSR count). The highest BCUT2D eigenvalue weighted by Gasteiger charge is 1.91. The molecular weight excluding hydrogens is 206 g/mol. The molecule has 11 heavy (non-hydrogen) atoms. The zero-order valence-corrected chi connectivity index (χ0v) is 7.73. The first-order valence-corrected chi connectivity index (χ1v) is 4.69. The van der Waals surface area contributed by atoms with Crippen LogP contribution >= 0.6 is 15.9 Å². The van der Waals surface area contributed by atoms with Gasteiger partial charge in [0.05, 0.1) is 0 Å². The van der Waals surface area contributed by atoms with E-state index in [2.05, 4.69) is 20.9 Å². The molecule has 0 bridgehead atoms. The molecule has 0 aliphatic heterocycles. The average Bonchev–Trinajstić information content (AvgIpc) is 2.01. The van der Waals surface area contributed by atoms with E-state index in [1.54, 1.807) is 6.07 Å². The zero-order valence-electron chi connectivity index (χ0n) is 6.14. The summed E-state index contributed by atoms with van der Waals surface area (Å²) in [5.74, 6) is 0. The second-order valence-corrected chi connectivity index (χ2v) is 3.13. The Bertz CT molecular complexity index is 269. The van der Waals surface area contributed by atoms with Gasteiger partial charge in [-0.3, -0.25) is 4.79 Å². The van der Waals surface area contributed by atoms with E-state index < -0.39 is 0 Å². The summed E-state index contributed by atoms with van der Waals surface area (Å²) in [6, 6.07) is 5.24. The normalized spacial score (nSPS) is 9.91. The van der Waals surface area contributed by atoms with Crippen molar-refractivity contribution in [3.63, 3.8) is 0 Å². The van der Waals surface area contributed by atoms with Crippen LogP contribution in [0.25, 0.3) is 0 Å². The van der Waals surface area contributed by atoms with E-state index in [1.165, 1.54) is 6.07 Å². The van der Waals surface area contributed by atoms with Gasteiger partial charge in [0, 0.05) is 17.1 Å². The maximum Gasteiger partial charge on any atom is 0.248 e. The van der Waals surface area contributed by atoms with Crippen LogP contribution in [0.1, 0.15) is 12.1 Å². The lowest BCUT2D eigenvalue weighted by Gasteiger charge is -1.96. The van der Waals surface area contributed by atoms with Crippen LogP contribution in [0.15, 0.2) is 23.0 Å². The summed E-state index contributed by atoms with van der Waals surface area (Å²) >= 11 is 3.33. The van der Waals surface area contributed by atoms with Gasteiger partial charge in [0.2, 0.25) is 5.56 Å². The molecule has 0 saturated carbocycles. The molecule has 0 saturated heterocycles. The van der Waals surface area contributed by atoms with Crippen LogP contribution in [0.5, 0.6) is 0 Å². The van der Waals surface area contributed by atoms with Crippen molar-refractivity contribution in [3.05, 3.63) is 34.2 Å². The summed E-state index contributed by atoms with van der Waals surface area (Å²) < 4.78 is 0. The summed E-state index contributed by atoms with van der Waals surface area (Å²) in [7, 11) is 0. The van der Waals surface area contributed by atoms with Gasteiger partial charge in [-0.2, -0.15) is 0 Å². The maximum absolute atomic E-state index is 10.8. The summed E-state index contributed by atoms with van der Waals surface area (Å²) in [5.41, 5.74) is 0.994. The van der Waals surface area contributed by atoms with E-state index in [0.717, 1.165) is 23.9 Å². The number of pyridine rings is 1. The van der Waals surface area contributed by atoms with Gasteiger partial charge in [-0.25, -0.2) is 0 Å². The van der Waals surface area contributed by atoms with E-state index in [-0.39, 0.29) is 5.56 Å². The Hall–Kier alpha value is -0.570. The molecule has 1 heterocycles. The van der Waals surface area contributed by atoms with E-state index in [4.69, 9.17) is 0 Å². The van der Waals surface area contributed by atoms with Gasteiger partial charge in [0.15, 0.2) is 0 Å². The molecule has 1 aromatic rings. The van der Waals surface area contributed by atoms with Crippen LogP contribution in [0.2, 0.25) is 0 Å². The minimum atomic E-state index is -0.0166. The van der Waals surface area contributed by atoms with Gasteiger partial charge in [0.25, 0.3) is 0 Å². The number of nitrogens with one attached hydrogen (secondary N) is 1. The third kappa shape index (κ3) is 2.89. The molecule has 0 aromatic carbocycles. The Morgan fingerprint density at radius 2 is 2.27 bits per heavy atom. The van der Waals surface area contributed by atoms with E-state index >= 15 is 0 Å². The van der Waals surface area contributed by atoms with Gasteiger partial charge in [-0.05, 0) is 18.9 Å². The molecule has 3 heteroatoms. The van der Waals surface area contributed by atoms with Crippen LogP contribution in [0.4, 0.5) is 0 Å². The third-order valence-electron chi connectivity index (χ3n) is 1.41. The minimum Gasteiger partial charge on any atom is -0.326 e. The number of alkyl halides is 1. The van der Waals surface area contributed by atoms with Crippen LogP contribution in [0.3, 0.4) is 0 Å². The largest absolute Gasteiger partial charge is 0.326 e. The monoisotopic (exact) mass is 215 g/mol. The molecule has 0 unspecified atom stereocenters. The number of hydrogen-bond donors (Lipinski definition) is 1. The molecule has 0 amide bonds. The van der Waals surface area contributed by atoms with Gasteiger partial charge in [-0.1, -0.05) is 22.0 Å². The highest BCUT2D eigenvalue weighted by Crippen LogP contribution is 1.97. The van der Waals surface area contributed by atoms with Crippen molar-refractivity contribution in [2.24, 2.45) is 0 Å². The highest BCUT2D eigenvalue weighted by atomic mass is 79.9. The first-order chi connectivity index (χ1) is 5.33. The summed E-state index contributed by atoms with van der Waals surface area (Å²) in [6.07, 6.45) is 1.99. The molecule has 60 valence electrons. The molecule has 0 aliphatic carbocycles. The average molecular weight is 216 g/mol. The minimum absolute atomic E-state index is 0.0166. The predicted octanol–water partition coefficient (Wildman–Crippen LogP) is 1.70. The van der Waals surface area contributed by atoms with Crippen molar-refractivity contribution in [1.82, 2.24) is 4.98 Å². The fourth-order valence-corrected chi connectivity index (χ4v) is 1.18.